The van der Waals surface area contributed by atoms with E-state index < -0.39 is 12.0 Å². The van der Waals surface area contributed by atoms with Gasteiger partial charge in [-0.1, -0.05) is 12.1 Å². The van der Waals surface area contributed by atoms with Gasteiger partial charge in [-0.15, -0.1) is 0 Å². The Morgan fingerprint density at radius 2 is 1.38 bits per heavy atom. The number of carbonyl (C=O) groups is 1. The van der Waals surface area contributed by atoms with Crippen molar-refractivity contribution in [2.45, 2.75) is 24.9 Å². The fourth-order valence-corrected chi connectivity index (χ4v) is 3.98. The Kier molecular flexibility index (Phi) is 6.49. The van der Waals surface area contributed by atoms with Crippen LogP contribution >= 0.6 is 0 Å². The largest absolute Gasteiger partial charge is 0.493 e. The summed E-state index contributed by atoms with van der Waals surface area (Å²) < 4.78 is 21.7. The molecule has 1 fully saturated rings. The highest BCUT2D eigenvalue weighted by molar-refractivity contribution is 5.74. The lowest BCUT2D eigenvalue weighted by Gasteiger charge is -2.32. The van der Waals surface area contributed by atoms with Crippen molar-refractivity contribution in [1.29, 1.82) is 0 Å². The van der Waals surface area contributed by atoms with Crippen LogP contribution in [0.5, 0.6) is 23.0 Å². The predicted molar refractivity (Wildman–Crippen MR) is 108 cm³/mol. The molecule has 1 heterocycles. The second-order valence-corrected chi connectivity index (χ2v) is 6.87. The van der Waals surface area contributed by atoms with E-state index in [9.17, 15) is 9.90 Å². The lowest BCUT2D eigenvalue weighted by molar-refractivity contribution is -0.142. The summed E-state index contributed by atoms with van der Waals surface area (Å²) in [5, 5.41) is 9.76. The number of hydrogen-bond donors (Lipinski definition) is 1. The predicted octanol–water partition coefficient (Wildman–Crippen LogP) is 3.36. The van der Waals surface area contributed by atoms with Crippen molar-refractivity contribution in [3.8, 4) is 23.0 Å². The van der Waals surface area contributed by atoms with Gasteiger partial charge in [-0.05, 0) is 48.2 Å². The SMILES string of the molecule is COc1ccc(C(c2ccc(OC)c(OC)c2)N2CCCC2C(=O)O)cc1OC. The van der Waals surface area contributed by atoms with Crippen LogP contribution < -0.4 is 18.9 Å². The van der Waals surface area contributed by atoms with Crippen LogP contribution in [0.3, 0.4) is 0 Å². The Morgan fingerprint density at radius 1 is 0.897 bits per heavy atom. The highest BCUT2D eigenvalue weighted by atomic mass is 16.5. The summed E-state index contributed by atoms with van der Waals surface area (Å²) in [5.41, 5.74) is 1.84. The summed E-state index contributed by atoms with van der Waals surface area (Å²) in [5.74, 6) is 1.63. The first-order valence-corrected chi connectivity index (χ1v) is 9.46. The maximum Gasteiger partial charge on any atom is 0.320 e. The zero-order valence-electron chi connectivity index (χ0n) is 17.2. The van der Waals surface area contributed by atoms with Gasteiger partial charge in [-0.25, -0.2) is 0 Å². The first-order valence-electron chi connectivity index (χ1n) is 9.46. The molecule has 1 saturated heterocycles. The van der Waals surface area contributed by atoms with Gasteiger partial charge in [0, 0.05) is 6.54 Å². The van der Waals surface area contributed by atoms with E-state index in [2.05, 4.69) is 0 Å². The standard InChI is InChI=1S/C22H27NO6/c1-26-17-9-7-14(12-19(17)28-3)21(23-11-5-6-16(23)22(24)25)15-8-10-18(27-2)20(13-15)29-4/h7-10,12-13,16,21H,5-6,11H2,1-4H3,(H,24,25). The lowest BCUT2D eigenvalue weighted by Crippen LogP contribution is -2.39. The van der Waals surface area contributed by atoms with Gasteiger partial charge >= 0.3 is 5.97 Å². The Labute approximate surface area is 170 Å². The van der Waals surface area contributed by atoms with E-state index in [1.165, 1.54) is 0 Å². The normalized spacial score (nSPS) is 16.7. The zero-order chi connectivity index (χ0) is 21.0. The van der Waals surface area contributed by atoms with Crippen LogP contribution in [-0.4, -0.2) is 57.0 Å². The van der Waals surface area contributed by atoms with Crippen LogP contribution in [0.15, 0.2) is 36.4 Å². The minimum Gasteiger partial charge on any atom is -0.493 e. The molecule has 1 aliphatic heterocycles. The number of benzene rings is 2. The molecule has 7 nitrogen and oxygen atoms in total. The van der Waals surface area contributed by atoms with Crippen LogP contribution in [-0.2, 0) is 4.79 Å². The third-order valence-electron chi connectivity index (χ3n) is 5.36. The highest BCUT2D eigenvalue weighted by Gasteiger charge is 2.37. The van der Waals surface area contributed by atoms with E-state index in [4.69, 9.17) is 18.9 Å². The molecule has 7 heteroatoms. The maximum absolute atomic E-state index is 11.9. The van der Waals surface area contributed by atoms with Crippen molar-refractivity contribution in [3.05, 3.63) is 47.5 Å². The Hall–Kier alpha value is -2.93. The Morgan fingerprint density at radius 3 is 1.79 bits per heavy atom. The molecule has 0 amide bonds. The number of nitrogens with zero attached hydrogens (tertiary/aromatic N) is 1. The van der Waals surface area contributed by atoms with Gasteiger partial charge in [0.05, 0.1) is 34.5 Å². The second kappa shape index (κ2) is 9.05. The van der Waals surface area contributed by atoms with Gasteiger partial charge in [0.25, 0.3) is 0 Å². The number of aliphatic carboxylic acids is 1. The van der Waals surface area contributed by atoms with E-state index in [0.29, 0.717) is 36.0 Å². The van der Waals surface area contributed by atoms with Crippen molar-refractivity contribution < 1.29 is 28.8 Å². The fourth-order valence-electron chi connectivity index (χ4n) is 3.98. The first kappa shape index (κ1) is 20.8. The van der Waals surface area contributed by atoms with Gasteiger partial charge in [-0.3, -0.25) is 9.69 Å². The summed E-state index contributed by atoms with van der Waals surface area (Å²) >= 11 is 0. The Bertz CT molecular complexity index is 813. The number of ether oxygens (including phenoxy) is 4. The first-order chi connectivity index (χ1) is 14.0. The molecule has 156 valence electrons. The second-order valence-electron chi connectivity index (χ2n) is 6.87. The molecule has 1 unspecified atom stereocenters. The van der Waals surface area contributed by atoms with Crippen molar-refractivity contribution in [3.63, 3.8) is 0 Å². The van der Waals surface area contributed by atoms with E-state index in [1.807, 2.05) is 41.3 Å². The number of carboxylic acid groups (broad SMARTS) is 1. The number of carboxylic acids is 1. The van der Waals surface area contributed by atoms with Crippen LogP contribution in [0.2, 0.25) is 0 Å². The molecular formula is C22H27NO6. The quantitative estimate of drug-likeness (QED) is 0.727. The van der Waals surface area contributed by atoms with Crippen molar-refractivity contribution in [2.75, 3.05) is 35.0 Å². The molecule has 1 N–H and O–H groups in total. The van der Waals surface area contributed by atoms with Crippen molar-refractivity contribution >= 4 is 5.97 Å². The molecule has 0 radical (unpaired) electrons. The monoisotopic (exact) mass is 401 g/mol. The number of likely N-dealkylation sites (tertiary alicyclic amines) is 1. The molecule has 29 heavy (non-hydrogen) atoms. The minimum absolute atomic E-state index is 0.279. The maximum atomic E-state index is 11.9. The summed E-state index contributed by atoms with van der Waals surface area (Å²) in [7, 11) is 6.35. The average Bonchev–Trinajstić information content (AvgIpc) is 3.23. The third kappa shape index (κ3) is 4.10. The van der Waals surface area contributed by atoms with Gasteiger partial charge < -0.3 is 24.1 Å². The topological polar surface area (TPSA) is 77.5 Å². The van der Waals surface area contributed by atoms with Crippen LogP contribution in [0.4, 0.5) is 0 Å². The van der Waals surface area contributed by atoms with Gasteiger partial charge in [0.15, 0.2) is 23.0 Å². The molecule has 0 bridgehead atoms. The molecule has 1 aliphatic rings. The summed E-state index contributed by atoms with van der Waals surface area (Å²) in [6.45, 7) is 0.685. The van der Waals surface area contributed by atoms with Crippen LogP contribution in [0, 0.1) is 0 Å². The average molecular weight is 401 g/mol. The van der Waals surface area contributed by atoms with E-state index in [-0.39, 0.29) is 6.04 Å². The third-order valence-corrected chi connectivity index (χ3v) is 5.36. The molecular weight excluding hydrogens is 374 g/mol. The highest BCUT2D eigenvalue weighted by Crippen LogP contribution is 2.41. The van der Waals surface area contributed by atoms with Gasteiger partial charge in [-0.2, -0.15) is 0 Å². The number of methoxy groups -OCH3 is 4. The fraction of sp³-hybridized carbons (Fsp3) is 0.409. The number of rotatable bonds is 8. The van der Waals surface area contributed by atoms with Crippen LogP contribution in [0.25, 0.3) is 0 Å². The minimum atomic E-state index is -0.812. The summed E-state index contributed by atoms with van der Waals surface area (Å²) in [6.07, 6.45) is 1.44. The summed E-state index contributed by atoms with van der Waals surface area (Å²) in [6, 6.07) is 10.5. The Balaban J connectivity index is 2.14. The van der Waals surface area contributed by atoms with E-state index in [1.54, 1.807) is 28.4 Å². The van der Waals surface area contributed by atoms with Gasteiger partial charge in [0.2, 0.25) is 0 Å². The van der Waals surface area contributed by atoms with Crippen molar-refractivity contribution in [2.24, 2.45) is 0 Å². The number of hydrogen-bond acceptors (Lipinski definition) is 6. The van der Waals surface area contributed by atoms with E-state index in [0.717, 1.165) is 17.5 Å². The molecule has 3 rings (SSSR count). The lowest BCUT2D eigenvalue weighted by atomic mass is 9.95. The molecule has 2 aromatic carbocycles. The van der Waals surface area contributed by atoms with E-state index >= 15 is 0 Å². The van der Waals surface area contributed by atoms with Crippen LogP contribution in [0.1, 0.15) is 30.0 Å². The van der Waals surface area contributed by atoms with Crippen molar-refractivity contribution in [1.82, 2.24) is 4.90 Å². The molecule has 0 aliphatic carbocycles. The molecule has 2 aromatic rings. The molecule has 0 spiro atoms. The smallest absolute Gasteiger partial charge is 0.320 e. The molecule has 1 atom stereocenters. The van der Waals surface area contributed by atoms with Gasteiger partial charge in [0.1, 0.15) is 6.04 Å². The molecule has 0 saturated carbocycles. The molecule has 0 aromatic heterocycles. The summed E-state index contributed by atoms with van der Waals surface area (Å²) in [4.78, 5) is 13.9. The zero-order valence-corrected chi connectivity index (χ0v) is 17.2.